The van der Waals surface area contributed by atoms with Crippen molar-refractivity contribution in [2.75, 3.05) is 6.54 Å². The molecule has 1 atom stereocenters. The minimum absolute atomic E-state index is 0.152. The van der Waals surface area contributed by atoms with Crippen LogP contribution in [0.4, 0.5) is 4.39 Å². The fourth-order valence-electron chi connectivity index (χ4n) is 2.20. The van der Waals surface area contributed by atoms with Gasteiger partial charge in [-0.3, -0.25) is 0 Å². The molecule has 0 saturated carbocycles. The third kappa shape index (κ3) is 4.08. The number of halogens is 1. The van der Waals surface area contributed by atoms with Gasteiger partial charge in [-0.1, -0.05) is 30.8 Å². The molecule has 0 heterocycles. The molecule has 0 aliphatic carbocycles. The molecule has 0 aliphatic heterocycles. The molecule has 0 spiro atoms. The highest BCUT2D eigenvalue weighted by Gasteiger charge is 2.10. The molecule has 21 heavy (non-hydrogen) atoms. The first-order valence-electron chi connectivity index (χ1n) is 7.29. The summed E-state index contributed by atoms with van der Waals surface area (Å²) in [5, 5.41) is 3.30. The Labute approximate surface area is 131 Å². The van der Waals surface area contributed by atoms with Crippen molar-refractivity contribution in [3.63, 3.8) is 0 Å². The second kappa shape index (κ2) is 7.10. The summed E-state index contributed by atoms with van der Waals surface area (Å²) in [6.07, 6.45) is 0. The van der Waals surface area contributed by atoms with Crippen LogP contribution >= 0.6 is 11.8 Å². The molecule has 2 rings (SSSR count). The number of rotatable bonds is 5. The van der Waals surface area contributed by atoms with Crippen LogP contribution in [0.15, 0.2) is 46.2 Å². The average molecular weight is 303 g/mol. The van der Waals surface area contributed by atoms with Crippen molar-refractivity contribution >= 4 is 11.8 Å². The SMILES string of the molecule is CCNC(C)c1ccc(Sc2ccc(C)c(C)c2)c(F)c1. The van der Waals surface area contributed by atoms with Crippen LogP contribution in [0.25, 0.3) is 0 Å². The molecular formula is C18H22FNS. The van der Waals surface area contributed by atoms with Gasteiger partial charge >= 0.3 is 0 Å². The van der Waals surface area contributed by atoms with Crippen molar-refractivity contribution in [3.05, 3.63) is 58.9 Å². The molecule has 0 bridgehead atoms. The Morgan fingerprint density at radius 1 is 1.10 bits per heavy atom. The average Bonchev–Trinajstić information content (AvgIpc) is 2.45. The highest BCUT2D eigenvalue weighted by Crippen LogP contribution is 2.32. The van der Waals surface area contributed by atoms with Gasteiger partial charge in [0.15, 0.2) is 0 Å². The van der Waals surface area contributed by atoms with E-state index in [4.69, 9.17) is 0 Å². The number of nitrogens with one attached hydrogen (secondary N) is 1. The van der Waals surface area contributed by atoms with Crippen molar-refractivity contribution in [2.24, 2.45) is 0 Å². The van der Waals surface area contributed by atoms with Gasteiger partial charge in [0.2, 0.25) is 0 Å². The van der Waals surface area contributed by atoms with E-state index in [0.717, 1.165) is 17.0 Å². The Bertz CT molecular complexity index is 625. The van der Waals surface area contributed by atoms with Gasteiger partial charge in [-0.25, -0.2) is 4.39 Å². The Hall–Kier alpha value is -1.32. The third-order valence-corrected chi connectivity index (χ3v) is 4.71. The summed E-state index contributed by atoms with van der Waals surface area (Å²) >= 11 is 1.48. The molecule has 0 amide bonds. The van der Waals surface area contributed by atoms with Crippen molar-refractivity contribution in [1.29, 1.82) is 0 Å². The fraction of sp³-hybridized carbons (Fsp3) is 0.333. The summed E-state index contributed by atoms with van der Waals surface area (Å²) in [7, 11) is 0. The van der Waals surface area contributed by atoms with Gasteiger partial charge in [-0.2, -0.15) is 0 Å². The topological polar surface area (TPSA) is 12.0 Å². The van der Waals surface area contributed by atoms with E-state index in [1.807, 2.05) is 18.2 Å². The Balaban J connectivity index is 2.19. The van der Waals surface area contributed by atoms with Gasteiger partial charge in [0.1, 0.15) is 5.82 Å². The summed E-state index contributed by atoms with van der Waals surface area (Å²) in [4.78, 5) is 1.75. The summed E-state index contributed by atoms with van der Waals surface area (Å²) < 4.78 is 14.3. The van der Waals surface area contributed by atoms with E-state index >= 15 is 0 Å². The van der Waals surface area contributed by atoms with Crippen LogP contribution < -0.4 is 5.32 Å². The van der Waals surface area contributed by atoms with Crippen LogP contribution in [0.1, 0.15) is 36.6 Å². The normalized spacial score (nSPS) is 12.4. The minimum Gasteiger partial charge on any atom is -0.310 e. The van der Waals surface area contributed by atoms with Gasteiger partial charge in [-0.15, -0.1) is 0 Å². The maximum atomic E-state index is 14.3. The van der Waals surface area contributed by atoms with Crippen molar-refractivity contribution in [3.8, 4) is 0 Å². The summed E-state index contributed by atoms with van der Waals surface area (Å²) in [6, 6.07) is 11.9. The molecule has 2 aromatic carbocycles. The van der Waals surface area contributed by atoms with E-state index in [-0.39, 0.29) is 11.9 Å². The Kier molecular flexibility index (Phi) is 5.43. The standard InChI is InChI=1S/C18H22FNS/c1-5-20-14(4)15-7-9-18(17(19)11-15)21-16-8-6-12(2)13(3)10-16/h6-11,14,20H,5H2,1-4H3. The van der Waals surface area contributed by atoms with E-state index in [1.165, 1.54) is 22.9 Å². The van der Waals surface area contributed by atoms with Crippen LogP contribution in [0, 0.1) is 19.7 Å². The largest absolute Gasteiger partial charge is 0.310 e. The fourth-order valence-corrected chi connectivity index (χ4v) is 3.12. The van der Waals surface area contributed by atoms with Crippen LogP contribution in [0.3, 0.4) is 0 Å². The van der Waals surface area contributed by atoms with Gasteiger partial charge in [-0.05, 0) is 68.3 Å². The number of benzene rings is 2. The number of hydrogen-bond acceptors (Lipinski definition) is 2. The van der Waals surface area contributed by atoms with E-state index < -0.39 is 0 Å². The molecule has 0 aromatic heterocycles. The predicted octanol–water partition coefficient (Wildman–Crippen LogP) is 5.26. The smallest absolute Gasteiger partial charge is 0.137 e. The zero-order valence-corrected chi connectivity index (χ0v) is 13.9. The van der Waals surface area contributed by atoms with E-state index in [9.17, 15) is 4.39 Å². The van der Waals surface area contributed by atoms with E-state index in [0.29, 0.717) is 4.90 Å². The summed E-state index contributed by atoms with van der Waals surface area (Å²) in [6.45, 7) is 9.14. The zero-order valence-electron chi connectivity index (χ0n) is 13.0. The third-order valence-electron chi connectivity index (χ3n) is 3.67. The molecular weight excluding hydrogens is 281 g/mol. The molecule has 0 fully saturated rings. The van der Waals surface area contributed by atoms with Gasteiger partial charge in [0.05, 0.1) is 0 Å². The molecule has 0 radical (unpaired) electrons. The lowest BCUT2D eigenvalue weighted by Gasteiger charge is -2.14. The molecule has 112 valence electrons. The highest BCUT2D eigenvalue weighted by atomic mass is 32.2. The maximum absolute atomic E-state index is 14.3. The molecule has 1 N–H and O–H groups in total. The van der Waals surface area contributed by atoms with Crippen LogP contribution in [0.2, 0.25) is 0 Å². The zero-order chi connectivity index (χ0) is 15.4. The predicted molar refractivity (Wildman–Crippen MR) is 88.5 cm³/mol. The summed E-state index contributed by atoms with van der Waals surface area (Å²) in [5.41, 5.74) is 3.48. The molecule has 1 nitrogen and oxygen atoms in total. The minimum atomic E-state index is -0.152. The number of hydrogen-bond donors (Lipinski definition) is 1. The van der Waals surface area contributed by atoms with Crippen molar-refractivity contribution in [2.45, 2.75) is 43.5 Å². The van der Waals surface area contributed by atoms with Crippen molar-refractivity contribution < 1.29 is 4.39 Å². The maximum Gasteiger partial charge on any atom is 0.137 e. The van der Waals surface area contributed by atoms with Crippen LogP contribution in [-0.2, 0) is 0 Å². The van der Waals surface area contributed by atoms with Gasteiger partial charge < -0.3 is 5.32 Å². The number of aryl methyl sites for hydroxylation is 2. The lowest BCUT2D eigenvalue weighted by atomic mass is 10.1. The second-order valence-corrected chi connectivity index (χ2v) is 6.43. The quantitative estimate of drug-likeness (QED) is 0.808. The Morgan fingerprint density at radius 3 is 2.48 bits per heavy atom. The second-order valence-electron chi connectivity index (χ2n) is 5.32. The van der Waals surface area contributed by atoms with E-state index in [2.05, 4.69) is 45.1 Å². The molecule has 2 aromatic rings. The van der Waals surface area contributed by atoms with Gasteiger partial charge in [0.25, 0.3) is 0 Å². The monoisotopic (exact) mass is 303 g/mol. The highest BCUT2D eigenvalue weighted by molar-refractivity contribution is 7.99. The molecule has 3 heteroatoms. The lowest BCUT2D eigenvalue weighted by Crippen LogP contribution is -2.17. The molecule has 0 saturated heterocycles. The first-order chi connectivity index (χ1) is 10.0. The van der Waals surface area contributed by atoms with E-state index in [1.54, 1.807) is 6.07 Å². The first-order valence-corrected chi connectivity index (χ1v) is 8.11. The van der Waals surface area contributed by atoms with Crippen LogP contribution in [-0.4, -0.2) is 6.54 Å². The van der Waals surface area contributed by atoms with Crippen LogP contribution in [0.5, 0.6) is 0 Å². The van der Waals surface area contributed by atoms with Crippen molar-refractivity contribution in [1.82, 2.24) is 5.32 Å². The Morgan fingerprint density at radius 2 is 1.86 bits per heavy atom. The first kappa shape index (κ1) is 16.1. The van der Waals surface area contributed by atoms with Gasteiger partial charge in [0, 0.05) is 15.8 Å². The summed E-state index contributed by atoms with van der Waals surface area (Å²) in [5.74, 6) is -0.152. The molecule has 0 aliphatic rings. The lowest BCUT2D eigenvalue weighted by molar-refractivity contribution is 0.572. The molecule has 1 unspecified atom stereocenters.